The van der Waals surface area contributed by atoms with Gasteiger partial charge in [-0.2, -0.15) is 0 Å². The van der Waals surface area contributed by atoms with E-state index in [1.807, 2.05) is 26.8 Å². The average molecular weight is 279 g/mol. The van der Waals surface area contributed by atoms with Crippen LogP contribution in [0, 0.1) is 5.82 Å². The minimum absolute atomic E-state index is 0.197. The molecule has 110 valence electrons. The van der Waals surface area contributed by atoms with Gasteiger partial charge in [-0.3, -0.25) is 0 Å². The Kier molecular flexibility index (Phi) is 4.31. The number of carbonyl (C=O) groups excluding carboxylic acids is 1. The highest BCUT2D eigenvalue weighted by Crippen LogP contribution is 2.28. The Hall–Kier alpha value is -1.58. The lowest BCUT2D eigenvalue weighted by Crippen LogP contribution is -2.41. The molecule has 0 aliphatic carbocycles. The van der Waals surface area contributed by atoms with Crippen LogP contribution in [0.3, 0.4) is 0 Å². The fourth-order valence-corrected chi connectivity index (χ4v) is 2.48. The molecule has 1 aliphatic heterocycles. The Morgan fingerprint density at radius 3 is 2.50 bits per heavy atom. The number of amides is 1. The van der Waals surface area contributed by atoms with Crippen LogP contribution in [0.5, 0.6) is 0 Å². The van der Waals surface area contributed by atoms with E-state index < -0.39 is 5.60 Å². The van der Waals surface area contributed by atoms with Crippen molar-refractivity contribution in [1.29, 1.82) is 0 Å². The smallest absolute Gasteiger partial charge is 0.410 e. The summed E-state index contributed by atoms with van der Waals surface area (Å²) in [5, 5.41) is 0. The SMILES string of the molecule is CC(C)(C)OC(=O)N1CCC(c2cccc(F)c2)CC1. The Balaban J connectivity index is 1.91. The topological polar surface area (TPSA) is 29.5 Å². The van der Waals surface area contributed by atoms with Gasteiger partial charge < -0.3 is 9.64 Å². The quantitative estimate of drug-likeness (QED) is 0.779. The molecule has 1 saturated heterocycles. The molecule has 1 aromatic rings. The van der Waals surface area contributed by atoms with E-state index in [9.17, 15) is 9.18 Å². The van der Waals surface area contributed by atoms with Crippen LogP contribution in [0.2, 0.25) is 0 Å². The van der Waals surface area contributed by atoms with Gasteiger partial charge in [-0.1, -0.05) is 12.1 Å². The molecule has 0 bridgehead atoms. The number of carbonyl (C=O) groups is 1. The van der Waals surface area contributed by atoms with Gasteiger partial charge in [-0.05, 0) is 57.2 Å². The number of likely N-dealkylation sites (tertiary alicyclic amines) is 1. The van der Waals surface area contributed by atoms with Crippen molar-refractivity contribution in [2.75, 3.05) is 13.1 Å². The van der Waals surface area contributed by atoms with E-state index in [2.05, 4.69) is 0 Å². The van der Waals surface area contributed by atoms with Crippen LogP contribution in [-0.2, 0) is 4.74 Å². The summed E-state index contributed by atoms with van der Waals surface area (Å²) < 4.78 is 18.6. The number of halogens is 1. The third-order valence-electron chi connectivity index (χ3n) is 3.47. The van der Waals surface area contributed by atoms with Crippen molar-refractivity contribution in [3.05, 3.63) is 35.6 Å². The molecule has 20 heavy (non-hydrogen) atoms. The number of piperidine rings is 1. The first-order valence-electron chi connectivity index (χ1n) is 7.08. The van der Waals surface area contributed by atoms with E-state index >= 15 is 0 Å². The predicted molar refractivity (Wildman–Crippen MR) is 76.2 cm³/mol. The van der Waals surface area contributed by atoms with Gasteiger partial charge in [-0.25, -0.2) is 9.18 Å². The average Bonchev–Trinajstić information content (AvgIpc) is 2.37. The highest BCUT2D eigenvalue weighted by Gasteiger charge is 2.27. The van der Waals surface area contributed by atoms with Crippen molar-refractivity contribution >= 4 is 6.09 Å². The van der Waals surface area contributed by atoms with Gasteiger partial charge in [0.2, 0.25) is 0 Å². The highest BCUT2D eigenvalue weighted by molar-refractivity contribution is 5.68. The monoisotopic (exact) mass is 279 g/mol. The molecule has 0 aromatic heterocycles. The van der Waals surface area contributed by atoms with Crippen LogP contribution in [-0.4, -0.2) is 29.7 Å². The van der Waals surface area contributed by atoms with Crippen molar-refractivity contribution < 1.29 is 13.9 Å². The van der Waals surface area contributed by atoms with Crippen LogP contribution in [0.15, 0.2) is 24.3 Å². The number of ether oxygens (including phenoxy) is 1. The Morgan fingerprint density at radius 1 is 1.30 bits per heavy atom. The van der Waals surface area contributed by atoms with Gasteiger partial charge in [0.25, 0.3) is 0 Å². The van der Waals surface area contributed by atoms with E-state index in [0.29, 0.717) is 19.0 Å². The molecule has 1 aliphatic rings. The predicted octanol–water partition coefficient (Wildman–Crippen LogP) is 3.94. The van der Waals surface area contributed by atoms with Crippen LogP contribution in [0.4, 0.5) is 9.18 Å². The van der Waals surface area contributed by atoms with Gasteiger partial charge >= 0.3 is 6.09 Å². The summed E-state index contributed by atoms with van der Waals surface area (Å²) in [5.41, 5.74) is 0.560. The number of hydrogen-bond donors (Lipinski definition) is 0. The second-order valence-corrected chi connectivity index (χ2v) is 6.30. The van der Waals surface area contributed by atoms with Crippen LogP contribution < -0.4 is 0 Å². The van der Waals surface area contributed by atoms with Crippen molar-refractivity contribution in [1.82, 2.24) is 4.90 Å². The summed E-state index contributed by atoms with van der Waals surface area (Å²) in [7, 11) is 0. The Morgan fingerprint density at radius 2 is 1.95 bits per heavy atom. The summed E-state index contributed by atoms with van der Waals surface area (Å²) in [6, 6.07) is 6.74. The number of benzene rings is 1. The molecular formula is C16H22FNO2. The first-order chi connectivity index (χ1) is 9.35. The van der Waals surface area contributed by atoms with Gasteiger partial charge in [0.15, 0.2) is 0 Å². The van der Waals surface area contributed by atoms with Crippen LogP contribution >= 0.6 is 0 Å². The van der Waals surface area contributed by atoms with Gasteiger partial charge in [0, 0.05) is 13.1 Å². The van der Waals surface area contributed by atoms with E-state index in [4.69, 9.17) is 4.74 Å². The lowest BCUT2D eigenvalue weighted by atomic mass is 9.89. The van der Waals surface area contributed by atoms with E-state index in [0.717, 1.165) is 18.4 Å². The number of hydrogen-bond acceptors (Lipinski definition) is 2. The lowest BCUT2D eigenvalue weighted by Gasteiger charge is -2.33. The zero-order valence-electron chi connectivity index (χ0n) is 12.4. The van der Waals surface area contributed by atoms with E-state index in [1.165, 1.54) is 6.07 Å². The molecule has 1 amide bonds. The number of nitrogens with zero attached hydrogens (tertiary/aromatic N) is 1. The largest absolute Gasteiger partial charge is 0.444 e. The van der Waals surface area contributed by atoms with Crippen molar-refractivity contribution in [2.24, 2.45) is 0 Å². The molecule has 0 spiro atoms. The third kappa shape index (κ3) is 3.95. The normalized spacial score (nSPS) is 17.1. The summed E-state index contributed by atoms with van der Waals surface area (Å²) in [6.45, 7) is 6.92. The minimum atomic E-state index is -0.462. The second kappa shape index (κ2) is 5.81. The molecular weight excluding hydrogens is 257 g/mol. The number of rotatable bonds is 1. The zero-order valence-corrected chi connectivity index (χ0v) is 12.4. The van der Waals surface area contributed by atoms with Gasteiger partial charge in [-0.15, -0.1) is 0 Å². The summed E-state index contributed by atoms with van der Waals surface area (Å²) in [5.74, 6) is 0.126. The highest BCUT2D eigenvalue weighted by atomic mass is 19.1. The van der Waals surface area contributed by atoms with Crippen molar-refractivity contribution in [3.63, 3.8) is 0 Å². The Bertz CT molecular complexity index is 474. The maximum Gasteiger partial charge on any atom is 0.410 e. The van der Waals surface area contributed by atoms with Crippen molar-refractivity contribution in [2.45, 2.75) is 45.1 Å². The first kappa shape index (κ1) is 14.8. The van der Waals surface area contributed by atoms with E-state index in [1.54, 1.807) is 17.0 Å². The standard InChI is InChI=1S/C16H22FNO2/c1-16(2,3)20-15(19)18-9-7-12(8-10-18)13-5-4-6-14(17)11-13/h4-6,11-12H,7-10H2,1-3H3. The first-order valence-corrected chi connectivity index (χ1v) is 7.08. The summed E-state index contributed by atoms with van der Waals surface area (Å²) in [6.07, 6.45) is 1.45. The molecule has 0 unspecified atom stereocenters. The summed E-state index contributed by atoms with van der Waals surface area (Å²) >= 11 is 0. The molecule has 2 rings (SSSR count). The summed E-state index contributed by atoms with van der Waals surface area (Å²) in [4.78, 5) is 13.7. The molecule has 3 nitrogen and oxygen atoms in total. The fraction of sp³-hybridized carbons (Fsp3) is 0.562. The molecule has 0 atom stereocenters. The van der Waals surface area contributed by atoms with Gasteiger partial charge in [0.05, 0.1) is 0 Å². The lowest BCUT2D eigenvalue weighted by molar-refractivity contribution is 0.0205. The zero-order chi connectivity index (χ0) is 14.8. The molecule has 1 aromatic carbocycles. The molecule has 1 fully saturated rings. The molecule has 0 N–H and O–H groups in total. The van der Waals surface area contributed by atoms with Gasteiger partial charge in [0.1, 0.15) is 11.4 Å². The third-order valence-corrected chi connectivity index (χ3v) is 3.47. The fourth-order valence-electron chi connectivity index (χ4n) is 2.48. The van der Waals surface area contributed by atoms with Crippen LogP contribution in [0.25, 0.3) is 0 Å². The minimum Gasteiger partial charge on any atom is -0.444 e. The molecule has 4 heteroatoms. The molecule has 1 heterocycles. The molecule has 0 radical (unpaired) electrons. The molecule has 0 saturated carbocycles. The maximum atomic E-state index is 13.2. The van der Waals surface area contributed by atoms with Crippen LogP contribution in [0.1, 0.15) is 45.1 Å². The van der Waals surface area contributed by atoms with E-state index in [-0.39, 0.29) is 11.9 Å². The second-order valence-electron chi connectivity index (χ2n) is 6.30. The maximum absolute atomic E-state index is 13.2. The Labute approximate surface area is 119 Å². The van der Waals surface area contributed by atoms with Crippen molar-refractivity contribution in [3.8, 4) is 0 Å².